The van der Waals surface area contributed by atoms with E-state index in [1.807, 2.05) is 6.92 Å². The summed E-state index contributed by atoms with van der Waals surface area (Å²) < 4.78 is 53.1. The van der Waals surface area contributed by atoms with Crippen molar-refractivity contribution in [2.75, 3.05) is 33.0 Å². The fraction of sp³-hybridized carbons (Fsp3) is 1.00. The first-order valence-corrected chi connectivity index (χ1v) is 27.4. The van der Waals surface area contributed by atoms with Crippen molar-refractivity contribution in [3.8, 4) is 0 Å². The number of hydrogen-bond donors (Lipinski definition) is 15. The molecule has 9 rings (SSSR count). The van der Waals surface area contributed by atoms with Gasteiger partial charge in [0.15, 0.2) is 30.9 Å². The number of ether oxygens (including phenoxy) is 9. The van der Waals surface area contributed by atoms with Gasteiger partial charge in [0, 0.05) is 12.3 Å². The van der Waals surface area contributed by atoms with Gasteiger partial charge in [0.25, 0.3) is 0 Å². The average molecular weight is 1080 g/mol. The third-order valence-corrected chi connectivity index (χ3v) is 20.1. The van der Waals surface area contributed by atoms with Gasteiger partial charge in [0.1, 0.15) is 97.7 Å². The normalized spacial score (nSPS) is 55.4. The van der Waals surface area contributed by atoms with Gasteiger partial charge in [0.2, 0.25) is 0 Å². The molecule has 5 heterocycles. The monoisotopic (exact) mass is 1080 g/mol. The van der Waals surface area contributed by atoms with Crippen LogP contribution in [-0.4, -0.2) is 250 Å². The quantitative estimate of drug-likeness (QED) is 0.0656. The zero-order valence-electron chi connectivity index (χ0n) is 43.2. The Morgan fingerprint density at radius 2 is 1.07 bits per heavy atom. The standard InChI is InChI=1S/C51H86O24/c1-20(19-67-45-39(62)36(59)33(56)28(15-52)69-45)7-12-51(66)21(2)32-27(75-51)14-26-24-6-5-22-13-23(8-10-49(22,3)25(24)9-11-50(26,32)4)68-46-41(64)38(61)43(31(18-55)72-46)73-48-42(65)44(35(58)30(17-54)71-48)74-47-40(63)37(60)34(57)29(16-53)70-47/h20-48,52-66H,5-19H2,1-4H3/t20-,21-,22+,23-,24+,25-,26-,27-,28+,29+,30+,31+,32-,33+,34+,35+,36-,37-,38+,39+,40+,41+,42+,43+,44-,45+,46+,47-,48-,49-,50-,51+/m0/s1. The summed E-state index contributed by atoms with van der Waals surface area (Å²) >= 11 is 0. The van der Waals surface area contributed by atoms with Crippen molar-refractivity contribution in [3.05, 3.63) is 0 Å². The number of aliphatic hydroxyl groups is 15. The van der Waals surface area contributed by atoms with Crippen molar-refractivity contribution in [2.24, 2.45) is 52.3 Å². The average Bonchev–Trinajstić information content (AvgIpc) is 3.84. The van der Waals surface area contributed by atoms with E-state index in [0.717, 1.165) is 38.5 Å². The van der Waals surface area contributed by atoms with Gasteiger partial charge >= 0.3 is 0 Å². The van der Waals surface area contributed by atoms with Gasteiger partial charge in [0.05, 0.1) is 45.2 Å². The summed E-state index contributed by atoms with van der Waals surface area (Å²) in [6, 6.07) is 0. The fourth-order valence-corrected chi connectivity index (χ4v) is 15.7. The Morgan fingerprint density at radius 3 is 1.71 bits per heavy atom. The highest BCUT2D eigenvalue weighted by Crippen LogP contribution is 2.71. The van der Waals surface area contributed by atoms with Gasteiger partial charge in [-0.2, -0.15) is 0 Å². The molecule has 0 aromatic heterocycles. The number of aliphatic hydroxyl groups excluding tert-OH is 14. The zero-order valence-corrected chi connectivity index (χ0v) is 43.2. The Labute approximate surface area is 436 Å². The summed E-state index contributed by atoms with van der Waals surface area (Å²) in [6.45, 7) is 6.17. The minimum Gasteiger partial charge on any atom is -0.394 e. The van der Waals surface area contributed by atoms with E-state index >= 15 is 0 Å². The Bertz CT molecular complexity index is 1870. The van der Waals surface area contributed by atoms with Crippen LogP contribution >= 0.6 is 0 Å². The van der Waals surface area contributed by atoms with Crippen LogP contribution in [-0.2, 0) is 42.6 Å². The van der Waals surface area contributed by atoms with Crippen molar-refractivity contribution >= 4 is 0 Å². The lowest BCUT2D eigenvalue weighted by atomic mass is 9.44. The van der Waals surface area contributed by atoms with Gasteiger partial charge in [-0.3, -0.25) is 0 Å². The summed E-state index contributed by atoms with van der Waals surface area (Å²) in [5.74, 6) is 0.350. The van der Waals surface area contributed by atoms with Crippen LogP contribution in [0.15, 0.2) is 0 Å². The molecule has 5 aliphatic heterocycles. The second-order valence-electron chi connectivity index (χ2n) is 24.3. The van der Waals surface area contributed by atoms with E-state index in [1.165, 1.54) is 0 Å². The first-order chi connectivity index (χ1) is 35.5. The number of hydrogen-bond acceptors (Lipinski definition) is 24. The molecule has 32 atom stereocenters. The first kappa shape index (κ1) is 58.7. The van der Waals surface area contributed by atoms with E-state index in [9.17, 15) is 76.6 Å². The third-order valence-electron chi connectivity index (χ3n) is 20.1. The number of fused-ring (bicyclic) bond motifs is 7. The van der Waals surface area contributed by atoms with Crippen molar-refractivity contribution in [1.29, 1.82) is 0 Å². The molecule has 0 aromatic carbocycles. The van der Waals surface area contributed by atoms with Crippen LogP contribution in [0.25, 0.3) is 0 Å². The topological polar surface area (TPSA) is 387 Å². The summed E-state index contributed by atoms with van der Waals surface area (Å²) in [6.07, 6.45) is -24.0. The summed E-state index contributed by atoms with van der Waals surface area (Å²) in [7, 11) is 0. The predicted octanol–water partition coefficient (Wildman–Crippen LogP) is -3.95. The molecular weight excluding hydrogens is 997 g/mol. The molecule has 75 heavy (non-hydrogen) atoms. The van der Waals surface area contributed by atoms with Crippen molar-refractivity contribution in [3.63, 3.8) is 0 Å². The minimum absolute atomic E-state index is 0.0200. The lowest BCUT2D eigenvalue weighted by Gasteiger charge is -2.61. The third kappa shape index (κ3) is 10.7. The van der Waals surface area contributed by atoms with Crippen molar-refractivity contribution in [2.45, 2.75) is 233 Å². The molecular formula is C51H86O24. The van der Waals surface area contributed by atoms with E-state index in [1.54, 1.807) is 0 Å². The Kier molecular flexibility index (Phi) is 18.1. The molecule has 434 valence electrons. The van der Waals surface area contributed by atoms with E-state index in [2.05, 4.69) is 20.8 Å². The second-order valence-corrected chi connectivity index (χ2v) is 24.3. The summed E-state index contributed by atoms with van der Waals surface area (Å²) in [5.41, 5.74) is -0.00408. The van der Waals surface area contributed by atoms with Crippen LogP contribution in [0.4, 0.5) is 0 Å². The summed E-state index contributed by atoms with van der Waals surface area (Å²) in [5, 5.41) is 159. The van der Waals surface area contributed by atoms with Crippen LogP contribution in [0.2, 0.25) is 0 Å². The maximum absolute atomic E-state index is 12.1. The molecule has 0 aromatic rings. The molecule has 4 aliphatic carbocycles. The molecule has 0 radical (unpaired) electrons. The maximum Gasteiger partial charge on any atom is 0.187 e. The van der Waals surface area contributed by atoms with Gasteiger partial charge in [-0.05, 0) is 104 Å². The molecule has 24 heteroatoms. The van der Waals surface area contributed by atoms with Crippen LogP contribution in [0.3, 0.4) is 0 Å². The van der Waals surface area contributed by atoms with Crippen LogP contribution in [0.5, 0.6) is 0 Å². The highest BCUT2D eigenvalue weighted by molar-refractivity contribution is 5.15. The maximum atomic E-state index is 12.1. The minimum atomic E-state index is -1.93. The Balaban J connectivity index is 0.772. The Morgan fingerprint density at radius 1 is 0.533 bits per heavy atom. The SMILES string of the molecule is C[C@@H](CC[C@@]1(O)O[C@H]2C[C@H]3[C@@H]4CC[C@@H]5C[C@@H](O[C@@H]6O[C@H](CO)[C@@H](O[C@@H]7O[C@H](CO)[C@@H](O)[C@H](O[C@@H]8O[C@H](CO)[C@@H](O)[C@H](O)[C@H]8O)[C@H]7O)[C@H](O)[C@H]6O)CC[C@]5(C)[C@H]4CC[C@]3(C)[C@H]2[C@@H]1C)CO[C@@H]1O[C@H](CO)[C@@H](O)[C@H](O)[C@H]1O. The first-order valence-electron chi connectivity index (χ1n) is 27.4. The molecule has 9 fully saturated rings. The molecule has 0 amide bonds. The highest BCUT2D eigenvalue weighted by Gasteiger charge is 2.68. The van der Waals surface area contributed by atoms with E-state index < -0.39 is 155 Å². The van der Waals surface area contributed by atoms with Gasteiger partial charge < -0.3 is 119 Å². The lowest BCUT2D eigenvalue weighted by Crippen LogP contribution is -2.67. The molecule has 0 spiro atoms. The van der Waals surface area contributed by atoms with Gasteiger partial charge in [-0.1, -0.05) is 27.7 Å². The predicted molar refractivity (Wildman–Crippen MR) is 252 cm³/mol. The molecule has 4 saturated carbocycles. The fourth-order valence-electron chi connectivity index (χ4n) is 15.7. The molecule has 5 saturated heterocycles. The van der Waals surface area contributed by atoms with Crippen molar-refractivity contribution < 1.29 is 119 Å². The van der Waals surface area contributed by atoms with E-state index in [-0.39, 0.29) is 47.4 Å². The highest BCUT2D eigenvalue weighted by atomic mass is 16.8. The lowest BCUT2D eigenvalue weighted by molar-refractivity contribution is -0.382. The molecule has 9 aliphatic rings. The van der Waals surface area contributed by atoms with E-state index in [4.69, 9.17) is 42.6 Å². The largest absolute Gasteiger partial charge is 0.394 e. The summed E-state index contributed by atoms with van der Waals surface area (Å²) in [4.78, 5) is 0. The molecule has 15 N–H and O–H groups in total. The number of rotatable bonds is 16. The van der Waals surface area contributed by atoms with E-state index in [0.29, 0.717) is 49.4 Å². The zero-order chi connectivity index (χ0) is 54.2. The van der Waals surface area contributed by atoms with Crippen LogP contribution < -0.4 is 0 Å². The molecule has 0 unspecified atom stereocenters. The van der Waals surface area contributed by atoms with Crippen molar-refractivity contribution in [1.82, 2.24) is 0 Å². The van der Waals surface area contributed by atoms with Gasteiger partial charge in [-0.25, -0.2) is 0 Å². The second kappa shape index (κ2) is 23.1. The van der Waals surface area contributed by atoms with Crippen LogP contribution in [0, 0.1) is 52.3 Å². The Hall–Kier alpha value is -0.960. The molecule has 24 nitrogen and oxygen atoms in total. The smallest absolute Gasteiger partial charge is 0.187 e. The van der Waals surface area contributed by atoms with Gasteiger partial charge in [-0.15, -0.1) is 0 Å². The van der Waals surface area contributed by atoms with Crippen LogP contribution in [0.1, 0.15) is 91.9 Å². The molecule has 0 bridgehead atoms.